The largest absolute Gasteiger partial charge is 0.393 e. The topological polar surface area (TPSA) is 49.3 Å². The van der Waals surface area contributed by atoms with Gasteiger partial charge in [-0.05, 0) is 13.3 Å². The second kappa shape index (κ2) is 4.28. The van der Waals surface area contributed by atoms with Gasteiger partial charge in [-0.3, -0.25) is 4.79 Å². The van der Waals surface area contributed by atoms with Crippen LogP contribution in [0, 0.1) is 5.92 Å². The molecule has 0 saturated carbocycles. The molecule has 0 bridgehead atoms. The average molecular weight is 145 g/mol. The predicted molar refractivity (Wildman–Crippen MR) is 39.5 cm³/mol. The minimum absolute atomic E-state index is 0.0131. The van der Waals surface area contributed by atoms with E-state index < -0.39 is 6.10 Å². The van der Waals surface area contributed by atoms with E-state index in [2.05, 4.69) is 5.32 Å². The van der Waals surface area contributed by atoms with Crippen LogP contribution in [0.4, 0.5) is 0 Å². The van der Waals surface area contributed by atoms with E-state index in [4.69, 9.17) is 5.11 Å². The van der Waals surface area contributed by atoms with Crippen LogP contribution in [0.2, 0.25) is 0 Å². The Bertz CT molecular complexity index is 112. The maximum absolute atomic E-state index is 10.8. The summed E-state index contributed by atoms with van der Waals surface area (Å²) in [7, 11) is 1.60. The van der Waals surface area contributed by atoms with E-state index in [0.29, 0.717) is 6.42 Å². The number of aliphatic hydroxyl groups excluding tert-OH is 1. The van der Waals surface area contributed by atoms with Gasteiger partial charge in [-0.1, -0.05) is 6.92 Å². The van der Waals surface area contributed by atoms with Gasteiger partial charge >= 0.3 is 0 Å². The van der Waals surface area contributed by atoms with Crippen molar-refractivity contribution in [2.75, 3.05) is 7.05 Å². The lowest BCUT2D eigenvalue weighted by Gasteiger charge is -2.10. The summed E-state index contributed by atoms with van der Waals surface area (Å²) in [6.45, 7) is 3.48. The van der Waals surface area contributed by atoms with E-state index in [1.165, 1.54) is 0 Å². The molecule has 2 atom stereocenters. The van der Waals surface area contributed by atoms with Crippen molar-refractivity contribution in [1.29, 1.82) is 0 Å². The summed E-state index contributed by atoms with van der Waals surface area (Å²) in [6.07, 6.45) is 0.131. The number of rotatable bonds is 3. The standard InChI is InChI=1S/C7H15NO2/c1-5(4-6(2)9)7(10)8-3/h5-6,9H,4H2,1-3H3,(H,8,10). The minimum Gasteiger partial charge on any atom is -0.393 e. The molecule has 2 N–H and O–H groups in total. The van der Waals surface area contributed by atoms with Crippen molar-refractivity contribution in [3.05, 3.63) is 0 Å². The zero-order valence-electron chi connectivity index (χ0n) is 6.72. The van der Waals surface area contributed by atoms with Crippen LogP contribution in [0.25, 0.3) is 0 Å². The van der Waals surface area contributed by atoms with Crippen molar-refractivity contribution >= 4 is 5.91 Å². The number of amides is 1. The average Bonchev–Trinajstić information content (AvgIpc) is 1.85. The molecule has 10 heavy (non-hydrogen) atoms. The van der Waals surface area contributed by atoms with Gasteiger partial charge in [0, 0.05) is 13.0 Å². The molecule has 0 aliphatic rings. The Labute approximate surface area is 61.4 Å². The molecule has 3 nitrogen and oxygen atoms in total. The number of hydrogen-bond donors (Lipinski definition) is 2. The number of hydrogen-bond acceptors (Lipinski definition) is 2. The third kappa shape index (κ3) is 3.45. The normalized spacial score (nSPS) is 16.0. The Morgan fingerprint density at radius 2 is 2.10 bits per heavy atom. The van der Waals surface area contributed by atoms with E-state index >= 15 is 0 Å². The zero-order chi connectivity index (χ0) is 8.15. The summed E-state index contributed by atoms with van der Waals surface area (Å²) in [5.74, 6) is -0.106. The summed E-state index contributed by atoms with van der Waals surface area (Å²) < 4.78 is 0. The van der Waals surface area contributed by atoms with Crippen molar-refractivity contribution in [1.82, 2.24) is 5.32 Å². The Morgan fingerprint density at radius 1 is 1.60 bits per heavy atom. The van der Waals surface area contributed by atoms with Gasteiger partial charge in [-0.2, -0.15) is 0 Å². The number of carbonyl (C=O) groups is 1. The van der Waals surface area contributed by atoms with Crippen LogP contribution in [0.15, 0.2) is 0 Å². The Morgan fingerprint density at radius 3 is 2.40 bits per heavy atom. The third-order valence-corrected chi connectivity index (χ3v) is 1.39. The first-order valence-electron chi connectivity index (χ1n) is 3.47. The molecule has 0 aliphatic carbocycles. The van der Waals surface area contributed by atoms with Crippen LogP contribution < -0.4 is 5.32 Å². The molecule has 0 heterocycles. The molecule has 0 spiro atoms. The summed E-state index contributed by atoms with van der Waals surface area (Å²) in [5.41, 5.74) is 0. The molecule has 2 unspecified atom stereocenters. The number of aliphatic hydroxyl groups is 1. The molecule has 0 radical (unpaired) electrons. The molecule has 0 saturated heterocycles. The van der Waals surface area contributed by atoms with Crippen LogP contribution >= 0.6 is 0 Å². The van der Waals surface area contributed by atoms with Crippen molar-refractivity contribution in [3.8, 4) is 0 Å². The van der Waals surface area contributed by atoms with Crippen LogP contribution in [0.3, 0.4) is 0 Å². The second-order valence-corrected chi connectivity index (χ2v) is 2.60. The molecule has 0 rings (SSSR count). The molecule has 3 heteroatoms. The Kier molecular flexibility index (Phi) is 4.03. The van der Waals surface area contributed by atoms with Crippen molar-refractivity contribution < 1.29 is 9.90 Å². The predicted octanol–water partition coefficient (Wildman–Crippen LogP) is 0.139. The maximum Gasteiger partial charge on any atom is 0.222 e. The lowest BCUT2D eigenvalue weighted by molar-refractivity contribution is -0.124. The molecule has 0 aromatic heterocycles. The summed E-state index contributed by atoms with van der Waals surface area (Å²) >= 11 is 0. The minimum atomic E-state index is -0.396. The first-order chi connectivity index (χ1) is 4.57. The third-order valence-electron chi connectivity index (χ3n) is 1.39. The molecule has 1 amide bonds. The van der Waals surface area contributed by atoms with E-state index in [-0.39, 0.29) is 11.8 Å². The number of carbonyl (C=O) groups excluding carboxylic acids is 1. The summed E-state index contributed by atoms with van der Waals surface area (Å²) in [4.78, 5) is 10.8. The van der Waals surface area contributed by atoms with Crippen molar-refractivity contribution in [3.63, 3.8) is 0 Å². The van der Waals surface area contributed by atoms with Gasteiger partial charge < -0.3 is 10.4 Å². The fourth-order valence-corrected chi connectivity index (χ4v) is 0.865. The molecule has 0 aliphatic heterocycles. The highest BCUT2D eigenvalue weighted by molar-refractivity contribution is 5.77. The van der Waals surface area contributed by atoms with Crippen molar-refractivity contribution in [2.24, 2.45) is 5.92 Å². The smallest absolute Gasteiger partial charge is 0.222 e. The highest BCUT2D eigenvalue weighted by atomic mass is 16.3. The van der Waals surface area contributed by atoms with Gasteiger partial charge in [-0.25, -0.2) is 0 Å². The molecule has 0 fully saturated rings. The van der Waals surface area contributed by atoms with Gasteiger partial charge in [0.2, 0.25) is 5.91 Å². The summed E-state index contributed by atoms with van der Waals surface area (Å²) in [6, 6.07) is 0. The summed E-state index contributed by atoms with van der Waals surface area (Å²) in [5, 5.41) is 11.4. The van der Waals surface area contributed by atoms with Crippen LogP contribution in [0.1, 0.15) is 20.3 Å². The van der Waals surface area contributed by atoms with Gasteiger partial charge in [0.1, 0.15) is 0 Å². The highest BCUT2D eigenvalue weighted by Gasteiger charge is 2.12. The highest BCUT2D eigenvalue weighted by Crippen LogP contribution is 2.04. The van der Waals surface area contributed by atoms with E-state index in [0.717, 1.165) is 0 Å². The number of nitrogens with one attached hydrogen (secondary N) is 1. The van der Waals surface area contributed by atoms with Gasteiger partial charge in [0.25, 0.3) is 0 Å². The monoisotopic (exact) mass is 145 g/mol. The van der Waals surface area contributed by atoms with Crippen LogP contribution in [-0.4, -0.2) is 24.2 Å². The lowest BCUT2D eigenvalue weighted by atomic mass is 10.0. The van der Waals surface area contributed by atoms with Gasteiger partial charge in [0.15, 0.2) is 0 Å². The first kappa shape index (κ1) is 9.43. The molecule has 60 valence electrons. The second-order valence-electron chi connectivity index (χ2n) is 2.60. The van der Waals surface area contributed by atoms with Gasteiger partial charge in [-0.15, -0.1) is 0 Å². The van der Waals surface area contributed by atoms with Crippen LogP contribution in [-0.2, 0) is 4.79 Å². The van der Waals surface area contributed by atoms with Crippen molar-refractivity contribution in [2.45, 2.75) is 26.4 Å². The fraction of sp³-hybridized carbons (Fsp3) is 0.857. The van der Waals surface area contributed by atoms with Gasteiger partial charge in [0.05, 0.1) is 6.10 Å². The van der Waals surface area contributed by atoms with E-state index in [9.17, 15) is 4.79 Å². The molecule has 0 aromatic carbocycles. The quantitative estimate of drug-likeness (QED) is 0.593. The zero-order valence-corrected chi connectivity index (χ0v) is 6.72. The maximum atomic E-state index is 10.8. The van der Waals surface area contributed by atoms with E-state index in [1.54, 1.807) is 20.9 Å². The fourth-order valence-electron chi connectivity index (χ4n) is 0.865. The molecule has 0 aromatic rings. The first-order valence-corrected chi connectivity index (χ1v) is 3.47. The Balaban J connectivity index is 3.61. The molecular formula is C7H15NO2. The SMILES string of the molecule is CNC(=O)C(C)CC(C)O. The van der Waals surface area contributed by atoms with E-state index in [1.807, 2.05) is 0 Å². The molecular weight excluding hydrogens is 130 g/mol. The van der Waals surface area contributed by atoms with Crippen LogP contribution in [0.5, 0.6) is 0 Å². The lowest BCUT2D eigenvalue weighted by Crippen LogP contribution is -2.27. The Hall–Kier alpha value is -0.570.